The summed E-state index contributed by atoms with van der Waals surface area (Å²) in [7, 11) is 0. The van der Waals surface area contributed by atoms with Crippen molar-refractivity contribution in [1.29, 1.82) is 0 Å². The van der Waals surface area contributed by atoms with Crippen molar-refractivity contribution in [3.63, 3.8) is 0 Å². The Morgan fingerprint density at radius 1 is 0.850 bits per heavy atom. The SMILES string of the molecule is CCCCCCCCCCCCCC(=O)Nc1ccc(N2CCC(C)CC2)c(C(=O)NCc2ccc(F)cc2)c1. The van der Waals surface area contributed by atoms with E-state index in [1.165, 1.54) is 69.9 Å². The average molecular weight is 552 g/mol. The van der Waals surface area contributed by atoms with Crippen LogP contribution < -0.4 is 15.5 Å². The van der Waals surface area contributed by atoms with Gasteiger partial charge in [0.05, 0.1) is 5.56 Å². The number of nitrogens with zero attached hydrogens (tertiary/aromatic N) is 1. The molecule has 2 amide bonds. The summed E-state index contributed by atoms with van der Waals surface area (Å²) >= 11 is 0. The molecule has 1 aliphatic heterocycles. The first-order chi connectivity index (χ1) is 19.5. The lowest BCUT2D eigenvalue weighted by molar-refractivity contribution is -0.116. The van der Waals surface area contributed by atoms with Gasteiger partial charge in [-0.1, -0.05) is 90.2 Å². The third-order valence-corrected chi connectivity index (χ3v) is 8.02. The summed E-state index contributed by atoms with van der Waals surface area (Å²) in [6.45, 7) is 6.64. The van der Waals surface area contributed by atoms with Gasteiger partial charge < -0.3 is 15.5 Å². The van der Waals surface area contributed by atoms with E-state index in [1.807, 2.05) is 12.1 Å². The van der Waals surface area contributed by atoms with Gasteiger partial charge in [0.1, 0.15) is 5.82 Å². The molecule has 1 heterocycles. The minimum atomic E-state index is -0.298. The van der Waals surface area contributed by atoms with Crippen LogP contribution in [0.2, 0.25) is 0 Å². The van der Waals surface area contributed by atoms with E-state index in [2.05, 4.69) is 29.4 Å². The molecule has 0 spiro atoms. The monoisotopic (exact) mass is 551 g/mol. The Hall–Kier alpha value is -2.89. The lowest BCUT2D eigenvalue weighted by Gasteiger charge is -2.33. The van der Waals surface area contributed by atoms with Crippen molar-refractivity contribution in [2.24, 2.45) is 5.92 Å². The molecule has 1 saturated heterocycles. The summed E-state index contributed by atoms with van der Waals surface area (Å²) in [6, 6.07) is 11.8. The van der Waals surface area contributed by atoms with Crippen LogP contribution in [0.1, 0.15) is 120 Å². The Kier molecular flexibility index (Phi) is 14.0. The Labute approximate surface area is 241 Å². The molecular weight excluding hydrogens is 501 g/mol. The van der Waals surface area contributed by atoms with E-state index in [0.29, 0.717) is 30.1 Å². The summed E-state index contributed by atoms with van der Waals surface area (Å²) < 4.78 is 13.3. The predicted molar refractivity (Wildman–Crippen MR) is 164 cm³/mol. The Balaban J connectivity index is 1.49. The molecule has 1 aliphatic rings. The molecule has 0 bridgehead atoms. The van der Waals surface area contributed by atoms with E-state index in [-0.39, 0.29) is 17.6 Å². The number of nitrogens with one attached hydrogen (secondary N) is 2. The van der Waals surface area contributed by atoms with Crippen LogP contribution in [0, 0.1) is 11.7 Å². The van der Waals surface area contributed by atoms with Crippen LogP contribution >= 0.6 is 0 Å². The van der Waals surface area contributed by atoms with Gasteiger partial charge in [0.15, 0.2) is 0 Å². The lowest BCUT2D eigenvalue weighted by Crippen LogP contribution is -2.35. The third-order valence-electron chi connectivity index (χ3n) is 8.02. The van der Waals surface area contributed by atoms with Crippen LogP contribution in [0.4, 0.5) is 15.8 Å². The number of hydrogen-bond donors (Lipinski definition) is 2. The zero-order valence-corrected chi connectivity index (χ0v) is 24.8. The van der Waals surface area contributed by atoms with Crippen molar-refractivity contribution in [2.45, 2.75) is 110 Å². The highest BCUT2D eigenvalue weighted by atomic mass is 19.1. The molecule has 5 nitrogen and oxygen atoms in total. The lowest BCUT2D eigenvalue weighted by atomic mass is 9.97. The first-order valence-corrected chi connectivity index (χ1v) is 15.7. The van der Waals surface area contributed by atoms with Crippen LogP contribution in [-0.4, -0.2) is 24.9 Å². The van der Waals surface area contributed by atoms with Crippen LogP contribution in [0.3, 0.4) is 0 Å². The van der Waals surface area contributed by atoms with Crippen molar-refractivity contribution in [3.05, 3.63) is 59.4 Å². The number of unbranched alkanes of at least 4 members (excludes halogenated alkanes) is 10. The summed E-state index contributed by atoms with van der Waals surface area (Å²) in [5.74, 6) is 0.182. The van der Waals surface area contributed by atoms with Gasteiger partial charge in [-0.05, 0) is 61.1 Å². The van der Waals surface area contributed by atoms with Crippen LogP contribution in [0.25, 0.3) is 0 Å². The van der Waals surface area contributed by atoms with Crippen molar-refractivity contribution >= 4 is 23.2 Å². The maximum Gasteiger partial charge on any atom is 0.253 e. The van der Waals surface area contributed by atoms with Crippen LogP contribution in [0.15, 0.2) is 42.5 Å². The molecule has 0 saturated carbocycles. The highest BCUT2D eigenvalue weighted by Crippen LogP contribution is 2.29. The van der Waals surface area contributed by atoms with Gasteiger partial charge in [-0.25, -0.2) is 4.39 Å². The number of anilines is 2. The predicted octanol–water partition coefficient (Wildman–Crippen LogP) is 8.63. The number of piperidine rings is 1. The molecule has 0 atom stereocenters. The number of amides is 2. The molecule has 3 rings (SSSR count). The van der Waals surface area contributed by atoms with E-state index in [9.17, 15) is 14.0 Å². The average Bonchev–Trinajstić information content (AvgIpc) is 2.96. The van der Waals surface area contributed by atoms with Gasteiger partial charge in [-0.2, -0.15) is 0 Å². The van der Waals surface area contributed by atoms with E-state index in [4.69, 9.17) is 0 Å². The summed E-state index contributed by atoms with van der Waals surface area (Å²) in [6.07, 6.45) is 16.4. The van der Waals surface area contributed by atoms with E-state index in [1.54, 1.807) is 18.2 Å². The number of halogens is 1. The first kappa shape index (κ1) is 31.6. The maximum absolute atomic E-state index is 13.3. The fourth-order valence-corrected chi connectivity index (χ4v) is 5.37. The smallest absolute Gasteiger partial charge is 0.253 e. The zero-order valence-electron chi connectivity index (χ0n) is 24.8. The normalized spacial score (nSPS) is 13.8. The molecule has 2 N–H and O–H groups in total. The standard InChI is InChI=1S/C34H50FN3O2/c1-3-4-5-6-7-8-9-10-11-12-13-14-33(39)37-30-19-20-32(38-23-21-27(2)22-24-38)31(25-30)34(40)36-26-28-15-17-29(35)18-16-28/h15-20,25,27H,3-14,21-24,26H2,1-2H3,(H,36,40)(H,37,39). The van der Waals surface area contributed by atoms with E-state index in [0.717, 1.165) is 50.0 Å². The summed E-state index contributed by atoms with van der Waals surface area (Å²) in [5.41, 5.74) is 2.93. The molecule has 2 aromatic rings. The molecule has 6 heteroatoms. The molecule has 0 aromatic heterocycles. The van der Waals surface area contributed by atoms with Gasteiger partial charge in [-0.3, -0.25) is 9.59 Å². The van der Waals surface area contributed by atoms with E-state index < -0.39 is 0 Å². The number of rotatable bonds is 17. The Morgan fingerprint density at radius 2 is 1.45 bits per heavy atom. The van der Waals surface area contributed by atoms with Gasteiger partial charge in [-0.15, -0.1) is 0 Å². The van der Waals surface area contributed by atoms with Gasteiger partial charge >= 0.3 is 0 Å². The van der Waals surface area contributed by atoms with Gasteiger partial charge in [0, 0.05) is 37.4 Å². The van der Waals surface area contributed by atoms with Crippen molar-refractivity contribution in [3.8, 4) is 0 Å². The Morgan fingerprint density at radius 3 is 2.08 bits per heavy atom. The number of carbonyl (C=O) groups is 2. The van der Waals surface area contributed by atoms with Crippen molar-refractivity contribution < 1.29 is 14.0 Å². The second-order valence-corrected chi connectivity index (χ2v) is 11.5. The van der Waals surface area contributed by atoms with E-state index >= 15 is 0 Å². The second-order valence-electron chi connectivity index (χ2n) is 11.5. The van der Waals surface area contributed by atoms with Crippen LogP contribution in [-0.2, 0) is 11.3 Å². The first-order valence-electron chi connectivity index (χ1n) is 15.7. The fraction of sp³-hybridized carbons (Fsp3) is 0.588. The van der Waals surface area contributed by atoms with Gasteiger partial charge in [0.25, 0.3) is 5.91 Å². The molecule has 0 radical (unpaired) electrons. The molecule has 220 valence electrons. The number of hydrogen-bond acceptors (Lipinski definition) is 3. The third kappa shape index (κ3) is 11.3. The highest BCUT2D eigenvalue weighted by Gasteiger charge is 2.22. The zero-order chi connectivity index (χ0) is 28.6. The molecule has 1 fully saturated rings. The maximum atomic E-state index is 13.3. The number of benzene rings is 2. The number of carbonyl (C=O) groups excluding carboxylic acids is 2. The van der Waals surface area contributed by atoms with Crippen molar-refractivity contribution in [2.75, 3.05) is 23.3 Å². The van der Waals surface area contributed by atoms with Crippen LogP contribution in [0.5, 0.6) is 0 Å². The second kappa shape index (κ2) is 17.7. The Bertz CT molecular complexity index is 1030. The quantitative estimate of drug-likeness (QED) is 0.193. The summed E-state index contributed by atoms with van der Waals surface area (Å²) in [5, 5.41) is 5.99. The molecular formula is C34H50FN3O2. The summed E-state index contributed by atoms with van der Waals surface area (Å²) in [4.78, 5) is 28.2. The molecule has 0 aliphatic carbocycles. The topological polar surface area (TPSA) is 61.4 Å². The fourth-order valence-electron chi connectivity index (χ4n) is 5.37. The minimum absolute atomic E-state index is 0.00635. The minimum Gasteiger partial charge on any atom is -0.371 e. The molecule has 2 aromatic carbocycles. The molecule has 0 unspecified atom stereocenters. The van der Waals surface area contributed by atoms with Gasteiger partial charge in [0.2, 0.25) is 5.91 Å². The highest BCUT2D eigenvalue weighted by molar-refractivity contribution is 6.02. The molecule has 40 heavy (non-hydrogen) atoms. The largest absolute Gasteiger partial charge is 0.371 e. The van der Waals surface area contributed by atoms with Crippen molar-refractivity contribution in [1.82, 2.24) is 5.32 Å².